The molecule has 0 aliphatic carbocycles. The molecule has 0 aromatic heterocycles. The molecule has 154 valence electrons. The topological polar surface area (TPSA) is 79.2 Å². The number of nitrogens with zero attached hydrogens (tertiary/aromatic N) is 1. The van der Waals surface area contributed by atoms with Gasteiger partial charge in [0.2, 0.25) is 5.91 Å². The number of rotatable bonds is 5. The van der Waals surface area contributed by atoms with E-state index in [0.29, 0.717) is 21.9 Å². The molecular formula is C25H20N2O3S. The van der Waals surface area contributed by atoms with Crippen LogP contribution < -0.4 is 5.32 Å². The third-order valence-corrected chi connectivity index (χ3v) is 6.38. The first-order valence-corrected chi connectivity index (χ1v) is 10.8. The van der Waals surface area contributed by atoms with Crippen LogP contribution in [0.4, 0.5) is 0 Å². The number of ether oxygens (including phenoxy) is 1. The summed E-state index contributed by atoms with van der Waals surface area (Å²) < 4.78 is 4.73. The van der Waals surface area contributed by atoms with Gasteiger partial charge in [0.25, 0.3) is 0 Å². The minimum Gasteiger partial charge on any atom is -0.465 e. The van der Waals surface area contributed by atoms with Gasteiger partial charge in [-0.25, -0.2) is 4.79 Å². The van der Waals surface area contributed by atoms with E-state index < -0.39 is 5.97 Å². The predicted molar refractivity (Wildman–Crippen MR) is 121 cm³/mol. The Morgan fingerprint density at radius 3 is 2.58 bits per heavy atom. The second kappa shape index (κ2) is 9.07. The number of carbonyl (C=O) groups is 2. The third-order valence-electron chi connectivity index (χ3n) is 5.29. The minimum absolute atomic E-state index is 0.123. The number of nitriles is 1. The molecule has 6 heteroatoms. The van der Waals surface area contributed by atoms with Crippen molar-refractivity contribution in [3.63, 3.8) is 0 Å². The average Bonchev–Trinajstić information content (AvgIpc) is 2.81. The van der Waals surface area contributed by atoms with Gasteiger partial charge in [-0.2, -0.15) is 5.26 Å². The summed E-state index contributed by atoms with van der Waals surface area (Å²) in [5.41, 5.74) is 2.91. The summed E-state index contributed by atoms with van der Waals surface area (Å²) >= 11 is 1.46. The van der Waals surface area contributed by atoms with Crippen molar-refractivity contribution in [3.8, 4) is 6.07 Å². The molecule has 0 radical (unpaired) electrons. The van der Waals surface area contributed by atoms with Gasteiger partial charge in [0.05, 0.1) is 29.3 Å². The number of allylic oxidation sites excluding steroid dienone is 1. The Morgan fingerprint density at radius 1 is 1.13 bits per heavy atom. The maximum Gasteiger partial charge on any atom is 0.337 e. The smallest absolute Gasteiger partial charge is 0.337 e. The number of esters is 1. The van der Waals surface area contributed by atoms with Gasteiger partial charge in [0.15, 0.2) is 0 Å². The molecular weight excluding hydrogens is 408 g/mol. The normalized spacial score (nSPS) is 16.0. The third kappa shape index (κ3) is 4.47. The second-order valence-corrected chi connectivity index (χ2v) is 8.23. The van der Waals surface area contributed by atoms with Gasteiger partial charge >= 0.3 is 5.97 Å². The molecule has 1 N–H and O–H groups in total. The van der Waals surface area contributed by atoms with Crippen LogP contribution in [0, 0.1) is 11.3 Å². The summed E-state index contributed by atoms with van der Waals surface area (Å²) in [4.78, 5) is 24.1. The van der Waals surface area contributed by atoms with Crippen molar-refractivity contribution in [2.75, 3.05) is 7.11 Å². The number of methoxy groups -OCH3 is 1. The second-order valence-electron chi connectivity index (χ2n) is 7.24. The average molecular weight is 429 g/mol. The fourth-order valence-corrected chi connectivity index (χ4v) is 4.69. The Labute approximate surface area is 184 Å². The fourth-order valence-electron chi connectivity index (χ4n) is 3.67. The van der Waals surface area contributed by atoms with E-state index in [1.165, 1.54) is 24.3 Å². The largest absolute Gasteiger partial charge is 0.465 e. The number of thioether (sulfide) groups is 1. The van der Waals surface area contributed by atoms with E-state index in [0.717, 1.165) is 16.5 Å². The molecule has 0 fully saturated rings. The summed E-state index contributed by atoms with van der Waals surface area (Å²) in [6.45, 7) is 0. The number of amides is 1. The first kappa shape index (κ1) is 20.7. The van der Waals surface area contributed by atoms with Crippen LogP contribution in [-0.4, -0.2) is 19.0 Å². The van der Waals surface area contributed by atoms with Crippen LogP contribution in [0.2, 0.25) is 0 Å². The SMILES string of the molecule is COC(=O)c1ccc([C@@H]2CC(=O)NC(SCc3ccc4ccccc4c3)=C2C#N)cc1. The zero-order chi connectivity index (χ0) is 21.8. The number of nitrogens with one attached hydrogen (secondary N) is 1. The molecule has 0 saturated heterocycles. The van der Waals surface area contributed by atoms with Gasteiger partial charge in [-0.15, -0.1) is 11.8 Å². The number of benzene rings is 3. The van der Waals surface area contributed by atoms with Crippen molar-refractivity contribution in [2.24, 2.45) is 0 Å². The molecule has 1 atom stereocenters. The van der Waals surface area contributed by atoms with Crippen molar-refractivity contribution in [3.05, 3.63) is 94.0 Å². The lowest BCUT2D eigenvalue weighted by Gasteiger charge is -2.25. The minimum atomic E-state index is -0.421. The summed E-state index contributed by atoms with van der Waals surface area (Å²) in [5, 5.41) is 15.6. The highest BCUT2D eigenvalue weighted by Crippen LogP contribution is 2.37. The Kier molecular flexibility index (Phi) is 6.06. The van der Waals surface area contributed by atoms with Crippen molar-refractivity contribution in [1.82, 2.24) is 5.32 Å². The molecule has 1 amide bonds. The molecule has 1 heterocycles. The van der Waals surface area contributed by atoms with E-state index >= 15 is 0 Å². The Bertz CT molecular complexity index is 1230. The van der Waals surface area contributed by atoms with Gasteiger partial charge in [-0.05, 0) is 34.0 Å². The van der Waals surface area contributed by atoms with Gasteiger partial charge < -0.3 is 10.1 Å². The van der Waals surface area contributed by atoms with Crippen molar-refractivity contribution in [2.45, 2.75) is 18.1 Å². The monoisotopic (exact) mass is 428 g/mol. The van der Waals surface area contributed by atoms with Crippen LogP contribution in [0.15, 0.2) is 77.3 Å². The van der Waals surface area contributed by atoms with Crippen molar-refractivity contribution < 1.29 is 14.3 Å². The molecule has 1 aliphatic rings. The van der Waals surface area contributed by atoms with E-state index in [-0.39, 0.29) is 18.2 Å². The summed E-state index contributed by atoms with van der Waals surface area (Å²) in [6, 6.07) is 23.6. The number of hydrogen-bond acceptors (Lipinski definition) is 5. The molecule has 0 bridgehead atoms. The summed E-state index contributed by atoms with van der Waals surface area (Å²) in [5.74, 6) is -0.248. The van der Waals surface area contributed by atoms with Crippen LogP contribution in [0.3, 0.4) is 0 Å². The quantitative estimate of drug-likeness (QED) is 0.585. The zero-order valence-electron chi connectivity index (χ0n) is 16.9. The molecule has 5 nitrogen and oxygen atoms in total. The lowest BCUT2D eigenvalue weighted by molar-refractivity contribution is -0.120. The van der Waals surface area contributed by atoms with E-state index in [4.69, 9.17) is 4.74 Å². The maximum atomic E-state index is 12.4. The van der Waals surface area contributed by atoms with Crippen LogP contribution in [0.5, 0.6) is 0 Å². The standard InChI is InChI=1S/C25H20N2O3S/c1-30-25(29)19-10-8-18(9-11-19)21-13-23(28)27-24(22(21)14-26)31-15-16-6-7-17-4-2-3-5-20(17)12-16/h2-12,21H,13,15H2,1H3,(H,27,28)/t21-/m0/s1. The van der Waals surface area contributed by atoms with E-state index in [1.807, 2.05) is 12.1 Å². The Hall–Kier alpha value is -3.56. The van der Waals surface area contributed by atoms with Crippen molar-refractivity contribution in [1.29, 1.82) is 5.26 Å². The molecule has 3 aromatic rings. The number of fused-ring (bicyclic) bond motifs is 1. The fraction of sp³-hybridized carbons (Fsp3) is 0.160. The summed E-state index contributed by atoms with van der Waals surface area (Å²) in [7, 11) is 1.33. The van der Waals surface area contributed by atoms with Crippen LogP contribution >= 0.6 is 11.8 Å². The molecule has 0 spiro atoms. The zero-order valence-corrected chi connectivity index (χ0v) is 17.7. The molecule has 1 aliphatic heterocycles. The van der Waals surface area contributed by atoms with Gasteiger partial charge in [-0.3, -0.25) is 4.79 Å². The lowest BCUT2D eigenvalue weighted by Crippen LogP contribution is -2.30. The van der Waals surface area contributed by atoms with Crippen LogP contribution in [0.1, 0.15) is 33.8 Å². The lowest BCUT2D eigenvalue weighted by atomic mass is 9.87. The van der Waals surface area contributed by atoms with E-state index in [1.54, 1.807) is 24.3 Å². The van der Waals surface area contributed by atoms with Crippen LogP contribution in [-0.2, 0) is 15.3 Å². The van der Waals surface area contributed by atoms with E-state index in [2.05, 4.69) is 41.7 Å². The predicted octanol–water partition coefficient (Wildman–Crippen LogP) is 4.90. The number of hydrogen-bond donors (Lipinski definition) is 1. The Balaban J connectivity index is 1.58. The van der Waals surface area contributed by atoms with E-state index in [9.17, 15) is 14.9 Å². The van der Waals surface area contributed by atoms with Crippen LogP contribution in [0.25, 0.3) is 10.8 Å². The van der Waals surface area contributed by atoms with Gasteiger partial charge in [0, 0.05) is 18.1 Å². The first-order chi connectivity index (χ1) is 15.1. The molecule has 0 saturated carbocycles. The molecule has 3 aromatic carbocycles. The van der Waals surface area contributed by atoms with Crippen molar-refractivity contribution >= 4 is 34.4 Å². The molecule has 4 rings (SSSR count). The Morgan fingerprint density at radius 2 is 1.87 bits per heavy atom. The first-order valence-electron chi connectivity index (χ1n) is 9.82. The number of carbonyl (C=O) groups excluding carboxylic acids is 2. The highest BCUT2D eigenvalue weighted by Gasteiger charge is 2.29. The maximum absolute atomic E-state index is 12.4. The van der Waals surface area contributed by atoms with Gasteiger partial charge in [0.1, 0.15) is 0 Å². The van der Waals surface area contributed by atoms with Gasteiger partial charge in [-0.1, -0.05) is 54.6 Å². The summed E-state index contributed by atoms with van der Waals surface area (Å²) in [6.07, 6.45) is 0.195. The highest BCUT2D eigenvalue weighted by atomic mass is 32.2. The molecule has 0 unspecified atom stereocenters. The highest BCUT2D eigenvalue weighted by molar-refractivity contribution is 8.02. The molecule has 31 heavy (non-hydrogen) atoms.